The van der Waals surface area contributed by atoms with Crippen LogP contribution in [0.1, 0.15) is 16.9 Å². The number of amides is 2. The van der Waals surface area contributed by atoms with Crippen LogP contribution in [0.5, 0.6) is 0 Å². The fourth-order valence-corrected chi connectivity index (χ4v) is 1.37. The number of hydrazine groups is 1. The van der Waals surface area contributed by atoms with E-state index in [9.17, 15) is 9.59 Å². The van der Waals surface area contributed by atoms with Crippen molar-refractivity contribution in [3.05, 3.63) is 24.0 Å². The van der Waals surface area contributed by atoms with Crippen LogP contribution in [0.2, 0.25) is 0 Å². The Hall–Kier alpha value is -2.19. The highest BCUT2D eigenvalue weighted by molar-refractivity contribution is 5.92. The molecule has 0 aliphatic heterocycles. The first-order valence-electron chi connectivity index (χ1n) is 6.14. The minimum atomic E-state index is -0.335. The van der Waals surface area contributed by atoms with Crippen molar-refractivity contribution >= 4 is 17.5 Å². The van der Waals surface area contributed by atoms with Crippen LogP contribution in [-0.2, 0) is 9.53 Å². The number of carbonyl (C=O) groups excluding carboxylic acids is 2. The zero-order valence-corrected chi connectivity index (χ0v) is 11.3. The molecule has 0 saturated carbocycles. The standard InChI is InChI=1S/C12H19N5O3/c1-20-7-6-14-11(18)4-5-15-12(19)10-3-2-9(17-13)8-16-10/h2-3,8,17H,4-7,13H2,1H3,(H,14,18)(H,15,19). The van der Waals surface area contributed by atoms with Crippen LogP contribution in [0.4, 0.5) is 5.69 Å². The van der Waals surface area contributed by atoms with E-state index in [4.69, 9.17) is 10.6 Å². The Labute approximate surface area is 117 Å². The molecule has 0 aromatic carbocycles. The Balaban J connectivity index is 2.27. The number of nitrogen functional groups attached to an aromatic ring is 1. The number of ether oxygens (including phenoxy) is 1. The van der Waals surface area contributed by atoms with Crippen LogP contribution in [0.3, 0.4) is 0 Å². The van der Waals surface area contributed by atoms with Gasteiger partial charge in [-0.15, -0.1) is 0 Å². The molecule has 0 fully saturated rings. The summed E-state index contributed by atoms with van der Waals surface area (Å²) in [6.07, 6.45) is 1.66. The minimum absolute atomic E-state index is 0.141. The van der Waals surface area contributed by atoms with Crippen molar-refractivity contribution in [1.29, 1.82) is 0 Å². The summed E-state index contributed by atoms with van der Waals surface area (Å²) >= 11 is 0. The third-order valence-electron chi connectivity index (χ3n) is 2.43. The maximum Gasteiger partial charge on any atom is 0.269 e. The Morgan fingerprint density at radius 2 is 2.10 bits per heavy atom. The highest BCUT2D eigenvalue weighted by Crippen LogP contribution is 2.03. The number of aromatic nitrogens is 1. The van der Waals surface area contributed by atoms with Gasteiger partial charge in [0.05, 0.1) is 18.5 Å². The summed E-state index contributed by atoms with van der Waals surface area (Å²) in [5, 5.41) is 5.27. The van der Waals surface area contributed by atoms with Crippen LogP contribution in [0, 0.1) is 0 Å². The third kappa shape index (κ3) is 5.63. The molecule has 8 heteroatoms. The lowest BCUT2D eigenvalue weighted by Gasteiger charge is -2.06. The first kappa shape index (κ1) is 15.9. The molecular weight excluding hydrogens is 262 g/mol. The van der Waals surface area contributed by atoms with Crippen LogP contribution >= 0.6 is 0 Å². The van der Waals surface area contributed by atoms with Crippen molar-refractivity contribution in [3.8, 4) is 0 Å². The number of methoxy groups -OCH3 is 1. The average molecular weight is 281 g/mol. The van der Waals surface area contributed by atoms with Crippen molar-refractivity contribution in [3.63, 3.8) is 0 Å². The second-order valence-corrected chi connectivity index (χ2v) is 3.93. The highest BCUT2D eigenvalue weighted by atomic mass is 16.5. The van der Waals surface area contributed by atoms with Crippen molar-refractivity contribution in [2.24, 2.45) is 5.84 Å². The van der Waals surface area contributed by atoms with Gasteiger partial charge in [0, 0.05) is 26.6 Å². The van der Waals surface area contributed by atoms with E-state index in [0.29, 0.717) is 18.8 Å². The normalized spacial score (nSPS) is 9.90. The number of nitrogens with zero attached hydrogens (tertiary/aromatic N) is 1. The van der Waals surface area contributed by atoms with Crippen molar-refractivity contribution < 1.29 is 14.3 Å². The Bertz CT molecular complexity index is 435. The molecule has 20 heavy (non-hydrogen) atoms. The van der Waals surface area contributed by atoms with Gasteiger partial charge in [0.25, 0.3) is 5.91 Å². The molecule has 0 spiro atoms. The molecule has 5 N–H and O–H groups in total. The molecule has 0 radical (unpaired) electrons. The number of hydrogen-bond acceptors (Lipinski definition) is 6. The van der Waals surface area contributed by atoms with Crippen molar-refractivity contribution in [2.75, 3.05) is 32.2 Å². The number of pyridine rings is 1. The Kier molecular flexibility index (Phi) is 7.01. The summed E-state index contributed by atoms with van der Waals surface area (Å²) in [4.78, 5) is 27.0. The molecule has 1 heterocycles. The molecule has 0 bridgehead atoms. The number of carbonyl (C=O) groups is 2. The molecule has 0 atom stereocenters. The number of nitrogens with two attached hydrogens (primary N) is 1. The molecular formula is C12H19N5O3. The van der Waals surface area contributed by atoms with Gasteiger partial charge < -0.3 is 20.8 Å². The van der Waals surface area contributed by atoms with E-state index < -0.39 is 0 Å². The van der Waals surface area contributed by atoms with Gasteiger partial charge in [-0.25, -0.2) is 4.98 Å². The van der Waals surface area contributed by atoms with E-state index in [2.05, 4.69) is 21.0 Å². The maximum absolute atomic E-state index is 11.7. The number of nitrogens with one attached hydrogen (secondary N) is 3. The first-order chi connectivity index (χ1) is 9.67. The van der Waals surface area contributed by atoms with Gasteiger partial charge in [-0.05, 0) is 12.1 Å². The number of anilines is 1. The smallest absolute Gasteiger partial charge is 0.269 e. The maximum atomic E-state index is 11.7. The van der Waals surface area contributed by atoms with E-state index in [1.165, 1.54) is 6.20 Å². The molecule has 0 aliphatic rings. The summed E-state index contributed by atoms with van der Waals surface area (Å²) in [5.41, 5.74) is 3.30. The zero-order valence-electron chi connectivity index (χ0n) is 11.3. The molecule has 0 aliphatic carbocycles. The quantitative estimate of drug-likeness (QED) is 0.283. The Morgan fingerprint density at radius 3 is 2.70 bits per heavy atom. The van der Waals surface area contributed by atoms with Crippen LogP contribution in [-0.4, -0.2) is 43.6 Å². The Morgan fingerprint density at radius 1 is 1.30 bits per heavy atom. The predicted octanol–water partition coefficient (Wildman–Crippen LogP) is -0.750. The minimum Gasteiger partial charge on any atom is -0.383 e. The molecule has 2 amide bonds. The number of hydrogen-bond donors (Lipinski definition) is 4. The van der Waals surface area contributed by atoms with Gasteiger partial charge in [-0.3, -0.25) is 15.4 Å². The predicted molar refractivity (Wildman–Crippen MR) is 73.9 cm³/mol. The van der Waals surface area contributed by atoms with Gasteiger partial charge in [-0.1, -0.05) is 0 Å². The fourth-order valence-electron chi connectivity index (χ4n) is 1.37. The van der Waals surface area contributed by atoms with Crippen molar-refractivity contribution in [2.45, 2.75) is 6.42 Å². The molecule has 8 nitrogen and oxygen atoms in total. The zero-order chi connectivity index (χ0) is 14.8. The summed E-state index contributed by atoms with van der Waals surface area (Å²) < 4.78 is 4.80. The van der Waals surface area contributed by atoms with Gasteiger partial charge in [0.2, 0.25) is 5.91 Å². The lowest BCUT2D eigenvalue weighted by Crippen LogP contribution is -2.32. The van der Waals surface area contributed by atoms with Crippen LogP contribution < -0.4 is 21.9 Å². The van der Waals surface area contributed by atoms with Gasteiger partial charge >= 0.3 is 0 Å². The van der Waals surface area contributed by atoms with Gasteiger partial charge in [0.15, 0.2) is 0 Å². The molecule has 0 unspecified atom stereocenters. The second kappa shape index (κ2) is 8.83. The average Bonchev–Trinajstić information content (AvgIpc) is 2.47. The topological polar surface area (TPSA) is 118 Å². The molecule has 110 valence electrons. The molecule has 1 rings (SSSR count). The lowest BCUT2D eigenvalue weighted by molar-refractivity contribution is -0.121. The third-order valence-corrected chi connectivity index (χ3v) is 2.43. The van der Waals surface area contributed by atoms with E-state index in [1.54, 1.807) is 19.2 Å². The SMILES string of the molecule is COCCNC(=O)CCNC(=O)c1ccc(NN)cn1. The summed E-state index contributed by atoms with van der Waals surface area (Å²) in [5.74, 6) is 4.72. The van der Waals surface area contributed by atoms with Crippen LogP contribution in [0.15, 0.2) is 18.3 Å². The summed E-state index contributed by atoms with van der Waals surface area (Å²) in [7, 11) is 1.56. The highest BCUT2D eigenvalue weighted by Gasteiger charge is 2.07. The van der Waals surface area contributed by atoms with E-state index >= 15 is 0 Å². The van der Waals surface area contributed by atoms with E-state index in [-0.39, 0.29) is 30.5 Å². The molecule has 1 aromatic heterocycles. The molecule has 0 saturated heterocycles. The first-order valence-corrected chi connectivity index (χ1v) is 6.14. The number of rotatable bonds is 8. The second-order valence-electron chi connectivity index (χ2n) is 3.93. The summed E-state index contributed by atoms with van der Waals surface area (Å²) in [6, 6.07) is 3.18. The van der Waals surface area contributed by atoms with Crippen LogP contribution in [0.25, 0.3) is 0 Å². The van der Waals surface area contributed by atoms with Gasteiger partial charge in [0.1, 0.15) is 5.69 Å². The molecule has 1 aromatic rings. The van der Waals surface area contributed by atoms with E-state index in [1.807, 2.05) is 0 Å². The van der Waals surface area contributed by atoms with Gasteiger partial charge in [-0.2, -0.15) is 0 Å². The monoisotopic (exact) mass is 281 g/mol. The largest absolute Gasteiger partial charge is 0.383 e. The lowest BCUT2D eigenvalue weighted by atomic mass is 10.3. The summed E-state index contributed by atoms with van der Waals surface area (Å²) in [6.45, 7) is 1.16. The van der Waals surface area contributed by atoms with E-state index in [0.717, 1.165) is 0 Å². The van der Waals surface area contributed by atoms with Crippen molar-refractivity contribution in [1.82, 2.24) is 15.6 Å². The fraction of sp³-hybridized carbons (Fsp3) is 0.417.